The van der Waals surface area contributed by atoms with Crippen LogP contribution in [0.3, 0.4) is 0 Å². The summed E-state index contributed by atoms with van der Waals surface area (Å²) in [4.78, 5) is 35.9. The SMILES string of the molecule is Cc1ccc(NC(=O)NC(=O)CN2C[C@@H](C(F)(F)F)[C@H](C(=O)O)C2)c(C)c1. The van der Waals surface area contributed by atoms with E-state index < -0.39 is 55.6 Å². The number of urea groups is 1. The molecule has 0 aromatic heterocycles. The summed E-state index contributed by atoms with van der Waals surface area (Å²) in [5.74, 6) is -6.06. The van der Waals surface area contributed by atoms with Crippen LogP contribution >= 0.6 is 0 Å². The van der Waals surface area contributed by atoms with Crippen molar-refractivity contribution in [2.24, 2.45) is 11.8 Å². The number of anilines is 1. The van der Waals surface area contributed by atoms with Crippen molar-refractivity contribution in [3.63, 3.8) is 0 Å². The predicted octanol–water partition coefficient (Wildman–Crippen LogP) is 2.15. The molecular formula is C17H20F3N3O4. The summed E-state index contributed by atoms with van der Waals surface area (Å²) in [5, 5.41) is 13.5. The van der Waals surface area contributed by atoms with E-state index in [9.17, 15) is 27.6 Å². The second-order valence-corrected chi connectivity index (χ2v) is 6.61. The average molecular weight is 387 g/mol. The number of amides is 3. The maximum atomic E-state index is 12.9. The lowest BCUT2D eigenvalue weighted by atomic mass is 9.96. The fraction of sp³-hybridized carbons (Fsp3) is 0.471. The Bertz CT molecular complexity index is 751. The molecule has 1 fully saturated rings. The van der Waals surface area contributed by atoms with Gasteiger partial charge in [-0.2, -0.15) is 13.2 Å². The summed E-state index contributed by atoms with van der Waals surface area (Å²) in [7, 11) is 0. The van der Waals surface area contributed by atoms with Gasteiger partial charge in [0.25, 0.3) is 0 Å². The third-order valence-electron chi connectivity index (χ3n) is 4.38. The maximum absolute atomic E-state index is 12.9. The first-order valence-electron chi connectivity index (χ1n) is 8.17. The first-order chi connectivity index (χ1) is 12.5. The summed E-state index contributed by atoms with van der Waals surface area (Å²) >= 11 is 0. The number of carboxylic acids is 1. The van der Waals surface area contributed by atoms with Gasteiger partial charge in [0, 0.05) is 18.8 Å². The molecule has 27 heavy (non-hydrogen) atoms. The second-order valence-electron chi connectivity index (χ2n) is 6.61. The number of aryl methyl sites for hydroxylation is 2. The summed E-state index contributed by atoms with van der Waals surface area (Å²) in [5.41, 5.74) is 2.28. The topological polar surface area (TPSA) is 98.7 Å². The van der Waals surface area contributed by atoms with Crippen LogP contribution in [0.1, 0.15) is 11.1 Å². The Morgan fingerprint density at radius 3 is 2.41 bits per heavy atom. The summed E-state index contributed by atoms with van der Waals surface area (Å²) < 4.78 is 38.8. The second kappa shape index (κ2) is 7.95. The molecule has 7 nitrogen and oxygen atoms in total. The number of nitrogens with one attached hydrogen (secondary N) is 2. The number of carboxylic acid groups (broad SMARTS) is 1. The van der Waals surface area contributed by atoms with Crippen molar-refractivity contribution >= 4 is 23.6 Å². The fourth-order valence-corrected chi connectivity index (χ4v) is 3.07. The van der Waals surface area contributed by atoms with Gasteiger partial charge in [0.15, 0.2) is 0 Å². The zero-order valence-corrected chi connectivity index (χ0v) is 14.8. The number of benzene rings is 1. The van der Waals surface area contributed by atoms with Crippen molar-refractivity contribution in [3.8, 4) is 0 Å². The molecule has 3 amide bonds. The molecule has 0 aliphatic carbocycles. The number of aliphatic carboxylic acids is 1. The van der Waals surface area contributed by atoms with Crippen LogP contribution in [0.5, 0.6) is 0 Å². The van der Waals surface area contributed by atoms with Crippen LogP contribution in [0.15, 0.2) is 18.2 Å². The maximum Gasteiger partial charge on any atom is 0.393 e. The standard InChI is InChI=1S/C17H20F3N3O4/c1-9-3-4-13(10(2)5-9)21-16(27)22-14(24)8-23-6-11(15(25)26)12(7-23)17(18,19)20/h3-5,11-12H,6-8H2,1-2H3,(H,25,26)(H2,21,22,24,27)/t11-,12-/m1/s1. The van der Waals surface area contributed by atoms with Crippen LogP contribution < -0.4 is 10.6 Å². The molecule has 148 valence electrons. The number of nitrogens with zero attached hydrogens (tertiary/aromatic N) is 1. The van der Waals surface area contributed by atoms with Crippen LogP contribution in [0.25, 0.3) is 0 Å². The molecule has 2 atom stereocenters. The van der Waals surface area contributed by atoms with E-state index in [2.05, 4.69) is 5.32 Å². The first-order valence-corrected chi connectivity index (χ1v) is 8.17. The van der Waals surface area contributed by atoms with Gasteiger partial charge in [0.1, 0.15) is 0 Å². The van der Waals surface area contributed by atoms with Crippen molar-refractivity contribution < 1.29 is 32.7 Å². The number of hydrogen-bond donors (Lipinski definition) is 3. The third kappa shape index (κ3) is 5.43. The Kier molecular flexibility index (Phi) is 6.09. The van der Waals surface area contributed by atoms with Gasteiger partial charge in [0.05, 0.1) is 18.4 Å². The average Bonchev–Trinajstić information content (AvgIpc) is 2.94. The molecule has 1 heterocycles. The van der Waals surface area contributed by atoms with Crippen LogP contribution in [0.2, 0.25) is 0 Å². The van der Waals surface area contributed by atoms with Crippen molar-refractivity contribution in [2.75, 3.05) is 25.0 Å². The number of halogens is 3. The number of hydrogen-bond acceptors (Lipinski definition) is 4. The zero-order chi connectivity index (χ0) is 20.4. The zero-order valence-electron chi connectivity index (χ0n) is 14.8. The van der Waals surface area contributed by atoms with Crippen LogP contribution in [0.4, 0.5) is 23.7 Å². The molecule has 0 unspecified atom stereocenters. The Labute approximate surface area is 153 Å². The van der Waals surface area contributed by atoms with E-state index in [0.717, 1.165) is 16.0 Å². The van der Waals surface area contributed by atoms with E-state index in [1.165, 1.54) is 0 Å². The van der Waals surface area contributed by atoms with Gasteiger partial charge in [-0.1, -0.05) is 17.7 Å². The molecular weight excluding hydrogens is 367 g/mol. The Morgan fingerprint density at radius 1 is 1.22 bits per heavy atom. The summed E-state index contributed by atoms with van der Waals surface area (Å²) in [6.07, 6.45) is -4.67. The van der Waals surface area contributed by atoms with Gasteiger partial charge in [0.2, 0.25) is 5.91 Å². The van der Waals surface area contributed by atoms with Crippen molar-refractivity contribution in [1.29, 1.82) is 0 Å². The van der Waals surface area contributed by atoms with Gasteiger partial charge in [-0.05, 0) is 25.5 Å². The quantitative estimate of drug-likeness (QED) is 0.735. The molecule has 1 aromatic carbocycles. The highest BCUT2D eigenvalue weighted by Gasteiger charge is 2.52. The molecule has 0 bridgehead atoms. The molecule has 0 radical (unpaired) electrons. The number of likely N-dealkylation sites (tertiary alicyclic amines) is 1. The highest BCUT2D eigenvalue weighted by molar-refractivity contribution is 6.02. The van der Waals surface area contributed by atoms with E-state index in [1.807, 2.05) is 18.3 Å². The van der Waals surface area contributed by atoms with Crippen molar-refractivity contribution in [3.05, 3.63) is 29.3 Å². The van der Waals surface area contributed by atoms with E-state index in [4.69, 9.17) is 5.11 Å². The minimum atomic E-state index is -4.67. The normalized spacial score (nSPS) is 20.3. The lowest BCUT2D eigenvalue weighted by molar-refractivity contribution is -0.188. The van der Waals surface area contributed by atoms with Crippen LogP contribution in [-0.2, 0) is 9.59 Å². The molecule has 3 N–H and O–H groups in total. The van der Waals surface area contributed by atoms with Crippen molar-refractivity contribution in [2.45, 2.75) is 20.0 Å². The molecule has 1 aliphatic heterocycles. The lowest BCUT2D eigenvalue weighted by Gasteiger charge is -2.18. The fourth-order valence-electron chi connectivity index (χ4n) is 3.07. The van der Waals surface area contributed by atoms with E-state index in [1.54, 1.807) is 19.1 Å². The highest BCUT2D eigenvalue weighted by atomic mass is 19.4. The number of carbonyl (C=O) groups excluding carboxylic acids is 2. The summed E-state index contributed by atoms with van der Waals surface area (Å²) in [6.45, 7) is 2.14. The van der Waals surface area contributed by atoms with Crippen molar-refractivity contribution in [1.82, 2.24) is 10.2 Å². The molecule has 1 aliphatic rings. The molecule has 1 aromatic rings. The number of rotatable bonds is 4. The van der Waals surface area contributed by atoms with E-state index in [0.29, 0.717) is 5.69 Å². The lowest BCUT2D eigenvalue weighted by Crippen LogP contribution is -2.41. The molecule has 10 heteroatoms. The van der Waals surface area contributed by atoms with E-state index >= 15 is 0 Å². The van der Waals surface area contributed by atoms with Gasteiger partial charge in [-0.15, -0.1) is 0 Å². The Balaban J connectivity index is 1.91. The molecule has 1 saturated heterocycles. The van der Waals surface area contributed by atoms with Gasteiger partial charge >= 0.3 is 18.2 Å². The molecule has 0 saturated carbocycles. The van der Waals surface area contributed by atoms with Gasteiger partial charge in [-0.3, -0.25) is 19.8 Å². The first kappa shape index (κ1) is 20.7. The smallest absolute Gasteiger partial charge is 0.393 e. The van der Waals surface area contributed by atoms with Crippen LogP contribution in [0, 0.1) is 25.7 Å². The number of imide groups is 1. The Hall–Kier alpha value is -2.62. The molecule has 0 spiro atoms. The number of alkyl halides is 3. The minimum Gasteiger partial charge on any atom is -0.481 e. The van der Waals surface area contributed by atoms with Crippen LogP contribution in [-0.4, -0.2) is 53.7 Å². The Morgan fingerprint density at radius 2 is 1.89 bits per heavy atom. The molecule has 2 rings (SSSR count). The third-order valence-corrected chi connectivity index (χ3v) is 4.38. The van der Waals surface area contributed by atoms with Gasteiger partial charge < -0.3 is 10.4 Å². The van der Waals surface area contributed by atoms with Gasteiger partial charge in [-0.25, -0.2) is 4.79 Å². The predicted molar refractivity (Wildman–Crippen MR) is 90.2 cm³/mol. The largest absolute Gasteiger partial charge is 0.481 e. The summed E-state index contributed by atoms with van der Waals surface area (Å²) in [6, 6.07) is 4.47. The monoisotopic (exact) mass is 387 g/mol. The number of carbonyl (C=O) groups is 3. The highest BCUT2D eigenvalue weighted by Crippen LogP contribution is 2.37. The minimum absolute atomic E-state index is 0.411. The van der Waals surface area contributed by atoms with E-state index in [-0.39, 0.29) is 0 Å².